The summed E-state index contributed by atoms with van der Waals surface area (Å²) in [6.45, 7) is 1.24. The van der Waals surface area contributed by atoms with Crippen LogP contribution in [0, 0.1) is 0 Å². The van der Waals surface area contributed by atoms with Crippen LogP contribution in [0.15, 0.2) is 17.0 Å². The molecule has 1 unspecified atom stereocenters. The molecule has 25 heavy (non-hydrogen) atoms. The third-order valence-corrected chi connectivity index (χ3v) is 5.87. The van der Waals surface area contributed by atoms with Crippen molar-refractivity contribution in [3.05, 3.63) is 23.3 Å². The van der Waals surface area contributed by atoms with Crippen molar-refractivity contribution in [3.8, 4) is 0 Å². The van der Waals surface area contributed by atoms with Crippen molar-refractivity contribution in [1.82, 2.24) is 0 Å². The van der Waals surface area contributed by atoms with Crippen LogP contribution in [0.25, 0.3) is 0 Å². The van der Waals surface area contributed by atoms with E-state index in [-0.39, 0.29) is 11.3 Å². The zero-order valence-corrected chi connectivity index (χ0v) is 13.5. The van der Waals surface area contributed by atoms with E-state index in [4.69, 9.17) is 4.74 Å². The van der Waals surface area contributed by atoms with Gasteiger partial charge in [0.25, 0.3) is 15.8 Å². The van der Waals surface area contributed by atoms with Gasteiger partial charge in [-0.1, -0.05) is 0 Å². The molecule has 5 nitrogen and oxygen atoms in total. The Morgan fingerprint density at radius 2 is 1.80 bits per heavy atom. The average Bonchev–Trinajstić information content (AvgIpc) is 2.76. The minimum absolute atomic E-state index is 0.190. The van der Waals surface area contributed by atoms with Crippen molar-refractivity contribution in [1.29, 1.82) is 0 Å². The lowest BCUT2D eigenvalue weighted by molar-refractivity contribution is -0.0977. The number of alkyl halides is 5. The second kappa shape index (κ2) is 5.78. The fourth-order valence-corrected chi connectivity index (χ4v) is 4.14. The van der Waals surface area contributed by atoms with Crippen molar-refractivity contribution < 1.29 is 40.2 Å². The van der Waals surface area contributed by atoms with Crippen molar-refractivity contribution in [2.75, 3.05) is 31.2 Å². The molecule has 1 fully saturated rings. The molecule has 1 aliphatic carbocycles. The first-order chi connectivity index (χ1) is 11.5. The number of hydrogen-bond donors (Lipinski definition) is 1. The van der Waals surface area contributed by atoms with Crippen molar-refractivity contribution in [3.63, 3.8) is 0 Å². The number of ether oxygens (including phenoxy) is 1. The Balaban J connectivity index is 2.20. The molecule has 0 aromatic heterocycles. The van der Waals surface area contributed by atoms with E-state index in [9.17, 15) is 35.5 Å². The second-order valence-electron chi connectivity index (χ2n) is 5.86. The van der Waals surface area contributed by atoms with Gasteiger partial charge in [0, 0.05) is 30.8 Å². The van der Waals surface area contributed by atoms with Gasteiger partial charge in [-0.05, 0) is 17.7 Å². The first-order valence-corrected chi connectivity index (χ1v) is 8.81. The van der Waals surface area contributed by atoms with E-state index < -0.39 is 44.3 Å². The number of aliphatic hydroxyl groups excluding tert-OH is 1. The van der Waals surface area contributed by atoms with Crippen LogP contribution in [-0.2, 0) is 21.0 Å². The van der Waals surface area contributed by atoms with Gasteiger partial charge in [0.2, 0.25) is 0 Å². The van der Waals surface area contributed by atoms with E-state index in [2.05, 4.69) is 0 Å². The number of aliphatic hydroxyl groups is 1. The van der Waals surface area contributed by atoms with Gasteiger partial charge in [0.1, 0.15) is 6.10 Å². The number of benzene rings is 1. The van der Waals surface area contributed by atoms with Crippen LogP contribution in [0.3, 0.4) is 0 Å². The van der Waals surface area contributed by atoms with Gasteiger partial charge in [-0.15, -0.1) is 0 Å². The Morgan fingerprint density at radius 3 is 2.36 bits per heavy atom. The highest BCUT2D eigenvalue weighted by Gasteiger charge is 2.55. The smallest absolute Gasteiger partial charge is 0.382 e. The van der Waals surface area contributed by atoms with E-state index in [0.717, 1.165) is 6.07 Å². The van der Waals surface area contributed by atoms with Crippen molar-refractivity contribution >= 4 is 15.5 Å². The monoisotopic (exact) mass is 387 g/mol. The lowest BCUT2D eigenvalue weighted by atomic mass is 10.1. The standard InChI is InChI=1S/C14H14F5NO4S/c15-13(16)7-8-9(20-3-5-24-6-4-20)1-2-10(11(8)12(13)21)25(22,23)14(17,18)19/h1-2,12,21H,3-7H2. The largest absolute Gasteiger partial charge is 0.501 e. The summed E-state index contributed by atoms with van der Waals surface area (Å²) in [6.07, 6.45) is -3.65. The van der Waals surface area contributed by atoms with Gasteiger partial charge in [0.15, 0.2) is 0 Å². The summed E-state index contributed by atoms with van der Waals surface area (Å²) >= 11 is 0. The van der Waals surface area contributed by atoms with Crippen LogP contribution in [0.1, 0.15) is 17.2 Å². The Morgan fingerprint density at radius 1 is 1.20 bits per heavy atom. The molecule has 140 valence electrons. The molecule has 11 heteroatoms. The Labute approximate surface area is 139 Å². The summed E-state index contributed by atoms with van der Waals surface area (Å²) in [4.78, 5) is 0.303. The fraction of sp³-hybridized carbons (Fsp3) is 0.571. The Hall–Kier alpha value is -1.46. The quantitative estimate of drug-likeness (QED) is 0.787. The van der Waals surface area contributed by atoms with Gasteiger partial charge >= 0.3 is 5.51 Å². The molecule has 0 saturated carbocycles. The van der Waals surface area contributed by atoms with E-state index in [0.29, 0.717) is 32.4 Å². The number of hydrogen-bond acceptors (Lipinski definition) is 5. The highest BCUT2D eigenvalue weighted by atomic mass is 32.2. The summed E-state index contributed by atoms with van der Waals surface area (Å²) in [7, 11) is -5.87. The molecule has 1 N–H and O–H groups in total. The molecule has 2 aliphatic rings. The van der Waals surface area contributed by atoms with Crippen LogP contribution < -0.4 is 4.90 Å². The maximum Gasteiger partial charge on any atom is 0.501 e. The number of morpholine rings is 1. The number of rotatable bonds is 2. The highest BCUT2D eigenvalue weighted by Crippen LogP contribution is 2.50. The molecule has 0 bridgehead atoms. The van der Waals surface area contributed by atoms with Crippen molar-refractivity contribution in [2.45, 2.75) is 28.9 Å². The van der Waals surface area contributed by atoms with Crippen LogP contribution in [0.2, 0.25) is 0 Å². The lowest BCUT2D eigenvalue weighted by Crippen LogP contribution is -2.37. The molecular formula is C14H14F5NO4S. The van der Waals surface area contributed by atoms with Gasteiger partial charge in [-0.25, -0.2) is 17.2 Å². The Bertz CT molecular complexity index is 787. The lowest BCUT2D eigenvalue weighted by Gasteiger charge is -2.31. The maximum absolute atomic E-state index is 14.0. The normalized spacial score (nSPS) is 23.6. The van der Waals surface area contributed by atoms with Crippen LogP contribution in [0.5, 0.6) is 0 Å². The molecule has 1 aromatic rings. The highest BCUT2D eigenvalue weighted by molar-refractivity contribution is 7.92. The number of fused-ring (bicyclic) bond motifs is 1. The van der Waals surface area contributed by atoms with Gasteiger partial charge in [-0.2, -0.15) is 13.2 Å². The third kappa shape index (κ3) is 2.87. The van der Waals surface area contributed by atoms with Gasteiger partial charge in [0.05, 0.1) is 18.1 Å². The van der Waals surface area contributed by atoms with Gasteiger partial charge in [-0.3, -0.25) is 0 Å². The third-order valence-electron chi connectivity index (χ3n) is 4.32. The Kier molecular flexibility index (Phi) is 4.24. The number of sulfone groups is 1. The summed E-state index contributed by atoms with van der Waals surface area (Å²) in [5.41, 5.74) is -6.61. The van der Waals surface area contributed by atoms with E-state index >= 15 is 0 Å². The molecule has 0 spiro atoms. The molecule has 0 amide bonds. The topological polar surface area (TPSA) is 66.8 Å². The van der Waals surface area contributed by atoms with Crippen LogP contribution in [0.4, 0.5) is 27.6 Å². The van der Waals surface area contributed by atoms with Crippen LogP contribution in [-0.4, -0.2) is 51.3 Å². The minimum atomic E-state index is -5.87. The molecule has 1 saturated heterocycles. The molecule has 0 radical (unpaired) electrons. The fourth-order valence-electron chi connectivity index (χ4n) is 3.12. The predicted octanol–water partition coefficient (Wildman–Crippen LogP) is 2.04. The second-order valence-corrected chi connectivity index (χ2v) is 7.77. The average molecular weight is 387 g/mol. The summed E-state index contributed by atoms with van der Waals surface area (Å²) in [6, 6.07) is 1.72. The number of nitrogens with zero attached hydrogens (tertiary/aromatic N) is 1. The SMILES string of the molecule is O=S(=O)(c1ccc(N2CCOCC2)c2c1C(O)C(F)(F)C2)C(F)(F)F. The first-order valence-electron chi connectivity index (χ1n) is 7.32. The van der Waals surface area contributed by atoms with E-state index in [1.54, 1.807) is 4.90 Å². The van der Waals surface area contributed by atoms with Crippen molar-refractivity contribution in [2.24, 2.45) is 0 Å². The minimum Gasteiger partial charge on any atom is -0.382 e. The summed E-state index contributed by atoms with van der Waals surface area (Å²) < 4.78 is 95.2. The molecule has 1 heterocycles. The number of anilines is 1. The summed E-state index contributed by atoms with van der Waals surface area (Å²) in [5.74, 6) is -3.75. The van der Waals surface area contributed by atoms with Crippen LogP contribution >= 0.6 is 0 Å². The molecular weight excluding hydrogens is 373 g/mol. The van der Waals surface area contributed by atoms with Gasteiger partial charge < -0.3 is 14.7 Å². The number of halogens is 5. The summed E-state index contributed by atoms with van der Waals surface area (Å²) in [5, 5.41) is 9.82. The van der Waals surface area contributed by atoms with E-state index in [1.165, 1.54) is 0 Å². The molecule has 3 rings (SSSR count). The molecule has 1 aliphatic heterocycles. The molecule has 1 atom stereocenters. The van der Waals surface area contributed by atoms with E-state index in [1.807, 2.05) is 0 Å². The zero-order valence-electron chi connectivity index (χ0n) is 12.7. The maximum atomic E-state index is 14.0. The predicted molar refractivity (Wildman–Crippen MR) is 76.3 cm³/mol. The first kappa shape index (κ1) is 18.3. The zero-order chi connectivity index (χ0) is 18.6. The molecule has 1 aromatic carbocycles.